The Kier molecular flexibility index (Phi) is 14.4. The topological polar surface area (TPSA) is 98.1 Å². The molecular formula is C65H55N3O6. The van der Waals surface area contributed by atoms with Crippen LogP contribution in [0, 0.1) is 0 Å². The van der Waals surface area contributed by atoms with E-state index >= 15 is 0 Å². The molecule has 0 radical (unpaired) electrons. The summed E-state index contributed by atoms with van der Waals surface area (Å²) in [7, 11) is 4.98. The molecule has 10 rings (SSSR count). The number of methoxy groups -OCH3 is 3. The second-order valence-corrected chi connectivity index (χ2v) is 17.6. The SMILES string of the molecule is COc1cccc(N(c2ccc(-c3cc(-c4ccc(N(c5ccccc5O)c5ccccc5OC)cc4)cc(-c4ccc(N(c5ccccc5CO)c5ccccc5OC)cc4)c3)cc2)c2ccccc2CO)c1. The third-order valence-electron chi connectivity index (χ3n) is 13.2. The van der Waals surface area contributed by atoms with Gasteiger partial charge in [-0.25, -0.2) is 0 Å². The fourth-order valence-electron chi connectivity index (χ4n) is 9.54. The maximum atomic E-state index is 11.2. The minimum absolute atomic E-state index is 0.117. The molecule has 0 spiro atoms. The smallest absolute Gasteiger partial charge is 0.142 e. The van der Waals surface area contributed by atoms with E-state index in [1.54, 1.807) is 27.4 Å². The van der Waals surface area contributed by atoms with Crippen LogP contribution >= 0.6 is 0 Å². The van der Waals surface area contributed by atoms with Gasteiger partial charge in [-0.1, -0.05) is 115 Å². The number of aromatic hydroxyl groups is 1. The molecule has 0 aliphatic heterocycles. The first-order valence-corrected chi connectivity index (χ1v) is 24.3. The molecule has 0 heterocycles. The predicted molar refractivity (Wildman–Crippen MR) is 300 cm³/mol. The van der Waals surface area contributed by atoms with Crippen molar-refractivity contribution in [2.24, 2.45) is 0 Å². The lowest BCUT2D eigenvalue weighted by Gasteiger charge is -2.28. The Bertz CT molecular complexity index is 3480. The van der Waals surface area contributed by atoms with Gasteiger partial charge < -0.3 is 44.2 Å². The molecule has 10 aromatic rings. The highest BCUT2D eigenvalue weighted by molar-refractivity contribution is 5.88. The largest absolute Gasteiger partial charge is 0.506 e. The van der Waals surface area contributed by atoms with E-state index in [1.165, 1.54) is 0 Å². The first-order chi connectivity index (χ1) is 36.4. The molecular weight excluding hydrogens is 919 g/mol. The summed E-state index contributed by atoms with van der Waals surface area (Å²) in [4.78, 5) is 6.26. The molecule has 0 unspecified atom stereocenters. The molecule has 366 valence electrons. The van der Waals surface area contributed by atoms with Crippen LogP contribution in [0.25, 0.3) is 33.4 Å². The fraction of sp³-hybridized carbons (Fsp3) is 0.0769. The summed E-state index contributed by atoms with van der Waals surface area (Å²) < 4.78 is 17.3. The van der Waals surface area contributed by atoms with Gasteiger partial charge >= 0.3 is 0 Å². The number of hydrogen-bond acceptors (Lipinski definition) is 9. The number of benzene rings is 10. The Hall–Kier alpha value is -9.28. The predicted octanol–water partition coefficient (Wildman–Crippen LogP) is 15.8. The van der Waals surface area contributed by atoms with Crippen LogP contribution < -0.4 is 28.9 Å². The molecule has 0 atom stereocenters. The molecule has 0 aliphatic carbocycles. The second kappa shape index (κ2) is 22.0. The molecule has 0 aromatic heterocycles. The highest BCUT2D eigenvalue weighted by atomic mass is 16.5. The van der Waals surface area contributed by atoms with Crippen molar-refractivity contribution >= 4 is 51.2 Å². The Balaban J connectivity index is 1.09. The standard InChI is InChI=1S/C65H55N3O6/c1-72-57-18-14-17-56(42-57)66(58-19-6-4-15-48(58)43-69)53-33-27-45(28-34-53)50-39-51(46-29-35-54(36-30-46)67(59-20-7-5-16-49(59)44-70)61-22-9-12-25-64(61)73-2)41-52(40-50)47-31-37-55(38-32-47)68(60-21-8-11-24-63(60)71)62-23-10-13-26-65(62)74-3/h4-42,69-71H,43-44H2,1-3H3. The van der Waals surface area contributed by atoms with Crippen LogP contribution in [0.2, 0.25) is 0 Å². The molecule has 0 aliphatic rings. The van der Waals surface area contributed by atoms with Crippen LogP contribution in [0.15, 0.2) is 237 Å². The third kappa shape index (κ3) is 9.85. The van der Waals surface area contributed by atoms with Crippen molar-refractivity contribution in [1.29, 1.82) is 0 Å². The van der Waals surface area contributed by atoms with E-state index in [9.17, 15) is 15.3 Å². The Labute approximate surface area is 432 Å². The van der Waals surface area contributed by atoms with Crippen molar-refractivity contribution in [3.8, 4) is 56.4 Å². The van der Waals surface area contributed by atoms with Crippen LogP contribution in [0.1, 0.15) is 11.1 Å². The highest BCUT2D eigenvalue weighted by Gasteiger charge is 2.22. The van der Waals surface area contributed by atoms with Crippen LogP contribution in [0.5, 0.6) is 23.0 Å². The average Bonchev–Trinajstić information content (AvgIpc) is 3.47. The number of rotatable bonds is 17. The maximum Gasteiger partial charge on any atom is 0.142 e. The normalized spacial score (nSPS) is 10.9. The summed E-state index contributed by atoms with van der Waals surface area (Å²) in [6.45, 7) is -0.243. The summed E-state index contributed by atoms with van der Waals surface area (Å²) in [6.07, 6.45) is 0. The third-order valence-corrected chi connectivity index (χ3v) is 13.2. The minimum atomic E-state index is -0.125. The number of hydrogen-bond donors (Lipinski definition) is 3. The molecule has 0 saturated carbocycles. The van der Waals surface area contributed by atoms with E-state index < -0.39 is 0 Å². The van der Waals surface area contributed by atoms with Gasteiger partial charge in [-0.05, 0) is 149 Å². The van der Waals surface area contributed by atoms with E-state index in [0.29, 0.717) is 17.2 Å². The van der Waals surface area contributed by atoms with Crippen LogP contribution in [0.4, 0.5) is 51.2 Å². The molecule has 0 saturated heterocycles. The van der Waals surface area contributed by atoms with E-state index in [1.807, 2.05) is 144 Å². The molecule has 3 N–H and O–H groups in total. The molecule has 0 bridgehead atoms. The molecule has 9 nitrogen and oxygen atoms in total. The number of phenolic OH excluding ortho intramolecular Hbond substituents is 1. The van der Waals surface area contributed by atoms with E-state index in [4.69, 9.17) is 14.2 Å². The molecule has 74 heavy (non-hydrogen) atoms. The van der Waals surface area contributed by atoms with Crippen molar-refractivity contribution in [2.45, 2.75) is 13.2 Å². The lowest BCUT2D eigenvalue weighted by atomic mass is 9.93. The summed E-state index contributed by atoms with van der Waals surface area (Å²) in [5, 5.41) is 32.2. The number of aliphatic hydroxyl groups is 2. The molecule has 0 amide bonds. The van der Waals surface area contributed by atoms with Crippen molar-refractivity contribution < 1.29 is 29.5 Å². The summed E-state index contributed by atoms with van der Waals surface area (Å²) in [5.41, 5.74) is 15.1. The Morgan fingerprint density at radius 1 is 0.311 bits per heavy atom. The molecule has 10 aromatic carbocycles. The lowest BCUT2D eigenvalue weighted by Crippen LogP contribution is -2.13. The van der Waals surface area contributed by atoms with E-state index in [0.717, 1.165) is 95.8 Å². The van der Waals surface area contributed by atoms with Gasteiger partial charge in [0.15, 0.2) is 0 Å². The number of nitrogens with zero attached hydrogens (tertiary/aromatic N) is 3. The maximum absolute atomic E-state index is 11.2. The lowest BCUT2D eigenvalue weighted by molar-refractivity contribution is 0.282. The number of aliphatic hydroxyl groups excluding tert-OH is 2. The molecule has 0 fully saturated rings. The number of para-hydroxylation sites is 8. The van der Waals surface area contributed by atoms with Crippen LogP contribution in [-0.4, -0.2) is 36.6 Å². The van der Waals surface area contributed by atoms with Gasteiger partial charge in [0.05, 0.1) is 63.0 Å². The second-order valence-electron chi connectivity index (χ2n) is 17.6. The monoisotopic (exact) mass is 973 g/mol. The van der Waals surface area contributed by atoms with Crippen molar-refractivity contribution in [3.05, 3.63) is 248 Å². The summed E-state index contributed by atoms with van der Waals surface area (Å²) in [6, 6.07) is 78.6. The highest BCUT2D eigenvalue weighted by Crippen LogP contribution is 2.46. The van der Waals surface area contributed by atoms with Crippen molar-refractivity contribution in [2.75, 3.05) is 36.0 Å². The van der Waals surface area contributed by atoms with Gasteiger partial charge in [0.25, 0.3) is 0 Å². The van der Waals surface area contributed by atoms with Gasteiger partial charge in [0, 0.05) is 39.9 Å². The van der Waals surface area contributed by atoms with E-state index in [-0.39, 0.29) is 19.0 Å². The van der Waals surface area contributed by atoms with Crippen molar-refractivity contribution in [3.63, 3.8) is 0 Å². The summed E-state index contributed by atoms with van der Waals surface area (Å²) >= 11 is 0. The van der Waals surface area contributed by atoms with Crippen LogP contribution in [0.3, 0.4) is 0 Å². The van der Waals surface area contributed by atoms with Crippen molar-refractivity contribution in [1.82, 2.24) is 0 Å². The zero-order chi connectivity index (χ0) is 51.0. The van der Waals surface area contributed by atoms with Gasteiger partial charge in [-0.2, -0.15) is 0 Å². The van der Waals surface area contributed by atoms with Crippen LogP contribution in [-0.2, 0) is 13.2 Å². The summed E-state index contributed by atoms with van der Waals surface area (Å²) in [5.74, 6) is 2.24. The fourth-order valence-corrected chi connectivity index (χ4v) is 9.54. The van der Waals surface area contributed by atoms with Gasteiger partial charge in [0.1, 0.15) is 23.0 Å². The van der Waals surface area contributed by atoms with E-state index in [2.05, 4.69) is 101 Å². The Morgan fingerprint density at radius 3 is 1.12 bits per heavy atom. The average molecular weight is 974 g/mol. The quantitative estimate of drug-likeness (QED) is 0.0824. The van der Waals surface area contributed by atoms with Gasteiger partial charge in [0.2, 0.25) is 0 Å². The minimum Gasteiger partial charge on any atom is -0.506 e. The zero-order valence-corrected chi connectivity index (χ0v) is 41.3. The first kappa shape index (κ1) is 48.4. The first-order valence-electron chi connectivity index (χ1n) is 24.3. The number of phenols is 1. The Morgan fingerprint density at radius 2 is 0.689 bits per heavy atom. The van der Waals surface area contributed by atoms with Gasteiger partial charge in [-0.3, -0.25) is 0 Å². The van der Waals surface area contributed by atoms with Gasteiger partial charge in [-0.15, -0.1) is 0 Å². The number of anilines is 9. The molecule has 9 heteroatoms. The zero-order valence-electron chi connectivity index (χ0n) is 41.3. The number of ether oxygens (including phenoxy) is 3.